The Kier molecular flexibility index (Phi) is 7.12. The highest BCUT2D eigenvalue weighted by molar-refractivity contribution is 7.13. The first-order valence-corrected chi connectivity index (χ1v) is 14.4. The van der Waals surface area contributed by atoms with Gasteiger partial charge in [-0.2, -0.15) is 0 Å². The lowest BCUT2D eigenvalue weighted by Gasteiger charge is -2.39. The van der Waals surface area contributed by atoms with Crippen LogP contribution in [0.3, 0.4) is 0 Å². The first-order chi connectivity index (χ1) is 19.3. The van der Waals surface area contributed by atoms with Gasteiger partial charge in [-0.1, -0.05) is 29.8 Å². The first kappa shape index (κ1) is 26.2. The van der Waals surface area contributed by atoms with Gasteiger partial charge in [-0.3, -0.25) is 14.4 Å². The van der Waals surface area contributed by atoms with E-state index in [1.165, 1.54) is 11.3 Å². The number of fused-ring (bicyclic) bond motifs is 2. The number of nitrogens with zero attached hydrogens (tertiary/aromatic N) is 3. The molecule has 1 saturated heterocycles. The summed E-state index contributed by atoms with van der Waals surface area (Å²) in [5, 5.41) is 7.62. The lowest BCUT2D eigenvalue weighted by Crippen LogP contribution is -2.61. The van der Waals surface area contributed by atoms with Crippen molar-refractivity contribution in [1.29, 1.82) is 0 Å². The predicted molar refractivity (Wildman–Crippen MR) is 155 cm³/mol. The van der Waals surface area contributed by atoms with Gasteiger partial charge in [-0.15, -0.1) is 11.3 Å². The number of likely N-dealkylation sites (tertiary alicyclic amines) is 1. The minimum atomic E-state index is -0.479. The summed E-state index contributed by atoms with van der Waals surface area (Å²) in [5.74, 6) is -0.613. The third kappa shape index (κ3) is 5.37. The number of amides is 3. The van der Waals surface area contributed by atoms with Crippen molar-refractivity contribution >= 4 is 40.0 Å². The summed E-state index contributed by atoms with van der Waals surface area (Å²) in [4.78, 5) is 52.9. The maximum atomic E-state index is 13.4. The van der Waals surface area contributed by atoms with Crippen LogP contribution in [0, 0.1) is 6.92 Å². The van der Waals surface area contributed by atoms with Crippen LogP contribution in [0.25, 0.3) is 10.9 Å². The fraction of sp³-hybridized carbons (Fsp3) is 0.333. The molecule has 2 aromatic carbocycles. The number of carbonyl (C=O) groups is 3. The lowest BCUT2D eigenvalue weighted by molar-refractivity contribution is 0.0628. The van der Waals surface area contributed by atoms with Gasteiger partial charge >= 0.3 is 0 Å². The normalized spacial score (nSPS) is 19.3. The van der Waals surface area contributed by atoms with Gasteiger partial charge in [-0.25, -0.2) is 4.98 Å². The molecule has 0 spiro atoms. The molecule has 0 unspecified atom stereocenters. The molecule has 206 valence electrons. The van der Waals surface area contributed by atoms with Crippen molar-refractivity contribution in [2.45, 2.75) is 38.4 Å². The van der Waals surface area contributed by atoms with E-state index in [0.29, 0.717) is 29.2 Å². The van der Waals surface area contributed by atoms with Gasteiger partial charge in [0.05, 0.1) is 17.8 Å². The van der Waals surface area contributed by atoms with Crippen LogP contribution in [-0.2, 0) is 13.0 Å². The Morgan fingerprint density at radius 1 is 1.00 bits per heavy atom. The molecule has 10 heteroatoms. The zero-order valence-electron chi connectivity index (χ0n) is 22.6. The Hall–Kier alpha value is -4.02. The summed E-state index contributed by atoms with van der Waals surface area (Å²) in [6, 6.07) is 16.1. The molecule has 3 N–H and O–H groups in total. The van der Waals surface area contributed by atoms with E-state index in [9.17, 15) is 14.4 Å². The average Bonchev–Trinajstić information content (AvgIpc) is 3.58. The number of carbonyl (C=O) groups excluding carboxylic acids is 3. The molecule has 2 aliphatic heterocycles. The number of nitrogens with one attached hydrogen (secondary N) is 3. The number of benzene rings is 2. The first-order valence-electron chi connectivity index (χ1n) is 13.6. The van der Waals surface area contributed by atoms with E-state index in [2.05, 4.69) is 32.5 Å². The number of rotatable bonds is 5. The van der Waals surface area contributed by atoms with Crippen LogP contribution >= 0.6 is 11.3 Å². The number of aromatic amines is 1. The molecule has 0 aliphatic carbocycles. The van der Waals surface area contributed by atoms with Crippen LogP contribution in [-0.4, -0.2) is 76.3 Å². The molecular weight excluding hydrogens is 524 g/mol. The summed E-state index contributed by atoms with van der Waals surface area (Å²) >= 11 is 1.42. The van der Waals surface area contributed by atoms with Crippen molar-refractivity contribution in [3.63, 3.8) is 0 Å². The second-order valence-electron chi connectivity index (χ2n) is 10.7. The number of hydrogen-bond donors (Lipinski definition) is 3. The van der Waals surface area contributed by atoms with Crippen molar-refractivity contribution < 1.29 is 14.4 Å². The van der Waals surface area contributed by atoms with E-state index in [-0.39, 0.29) is 30.3 Å². The van der Waals surface area contributed by atoms with E-state index in [4.69, 9.17) is 0 Å². The molecule has 4 aromatic rings. The number of hydrogen-bond acceptors (Lipinski definition) is 6. The molecule has 0 radical (unpaired) electrons. The van der Waals surface area contributed by atoms with Crippen molar-refractivity contribution in [2.75, 3.05) is 26.7 Å². The molecule has 2 atom stereocenters. The topological polar surface area (TPSA) is 110 Å². The Bertz CT molecular complexity index is 1580. The van der Waals surface area contributed by atoms with Crippen LogP contribution in [0.1, 0.15) is 53.2 Å². The van der Waals surface area contributed by atoms with Gasteiger partial charge in [-0.05, 0) is 50.7 Å². The van der Waals surface area contributed by atoms with Crippen LogP contribution < -0.4 is 10.6 Å². The van der Waals surface area contributed by atoms with Gasteiger partial charge in [0, 0.05) is 53.9 Å². The van der Waals surface area contributed by atoms with Crippen LogP contribution in [0.4, 0.5) is 0 Å². The van der Waals surface area contributed by atoms with Crippen molar-refractivity contribution in [2.24, 2.45) is 0 Å². The molecule has 40 heavy (non-hydrogen) atoms. The van der Waals surface area contributed by atoms with Gasteiger partial charge in [0.25, 0.3) is 17.7 Å². The highest BCUT2D eigenvalue weighted by atomic mass is 32.1. The number of aryl methyl sites for hydroxylation is 1. The Morgan fingerprint density at radius 3 is 2.62 bits per heavy atom. The third-order valence-electron chi connectivity index (χ3n) is 7.69. The van der Waals surface area contributed by atoms with Gasteiger partial charge in [0.2, 0.25) is 0 Å². The SMILES string of the molecule is Cc1ccc2[nH]c(C(=O)N[C@H]3CCN(C(=O)c4ccccc4)C[C@H]3NC(=O)c3nc4c(s3)CN(C)CC4)cc2c1. The predicted octanol–water partition coefficient (Wildman–Crippen LogP) is 3.36. The second-order valence-corrected chi connectivity index (χ2v) is 11.8. The molecule has 9 nitrogen and oxygen atoms in total. The summed E-state index contributed by atoms with van der Waals surface area (Å²) in [5.41, 5.74) is 4.05. The van der Waals surface area contributed by atoms with Gasteiger partial charge in [0.1, 0.15) is 5.69 Å². The Balaban J connectivity index is 1.22. The standard InChI is InChI=1S/C30H32N6O3S/c1-18-8-9-21-20(14-18)15-24(31-21)27(37)32-22-11-13-36(30(39)19-6-4-3-5-7-19)16-25(22)33-28(38)29-34-23-10-12-35(2)17-26(23)40-29/h3-9,14-15,22,25,31H,10-13,16-17H2,1-2H3,(H,32,37)(H,33,38)/t22-,25+/m0/s1. The molecule has 0 bridgehead atoms. The zero-order valence-corrected chi connectivity index (χ0v) is 23.4. The highest BCUT2D eigenvalue weighted by Gasteiger charge is 2.35. The van der Waals surface area contributed by atoms with E-state index in [0.717, 1.165) is 46.5 Å². The summed E-state index contributed by atoms with van der Waals surface area (Å²) in [6.07, 6.45) is 1.33. The van der Waals surface area contributed by atoms with Crippen LogP contribution in [0.15, 0.2) is 54.6 Å². The second kappa shape index (κ2) is 10.9. The van der Waals surface area contributed by atoms with E-state index in [1.807, 2.05) is 49.4 Å². The summed E-state index contributed by atoms with van der Waals surface area (Å²) in [7, 11) is 2.06. The number of H-pyrrole nitrogens is 1. The fourth-order valence-corrected chi connectivity index (χ4v) is 6.58. The Morgan fingerprint density at radius 2 is 1.80 bits per heavy atom. The zero-order chi connectivity index (χ0) is 27.8. The Labute approximate surface area is 236 Å². The van der Waals surface area contributed by atoms with E-state index < -0.39 is 6.04 Å². The molecule has 2 aromatic heterocycles. The number of aromatic nitrogens is 2. The molecule has 6 rings (SSSR count). The number of piperidine rings is 1. The van der Waals surface area contributed by atoms with Crippen molar-refractivity contribution in [3.8, 4) is 0 Å². The molecular formula is C30H32N6O3S. The van der Waals surface area contributed by atoms with Gasteiger partial charge < -0.3 is 25.4 Å². The minimum absolute atomic E-state index is 0.0941. The molecule has 0 saturated carbocycles. The highest BCUT2D eigenvalue weighted by Crippen LogP contribution is 2.25. The molecule has 3 amide bonds. The molecule has 2 aliphatic rings. The van der Waals surface area contributed by atoms with Crippen LogP contribution in [0.2, 0.25) is 0 Å². The summed E-state index contributed by atoms with van der Waals surface area (Å²) in [6.45, 7) is 4.46. The monoisotopic (exact) mass is 556 g/mol. The third-order valence-corrected chi connectivity index (χ3v) is 8.77. The molecule has 4 heterocycles. The fourth-order valence-electron chi connectivity index (χ4n) is 5.49. The van der Waals surface area contributed by atoms with Crippen molar-refractivity contribution in [3.05, 3.63) is 87.0 Å². The van der Waals surface area contributed by atoms with E-state index >= 15 is 0 Å². The van der Waals surface area contributed by atoms with Crippen LogP contribution in [0.5, 0.6) is 0 Å². The maximum Gasteiger partial charge on any atom is 0.280 e. The maximum absolute atomic E-state index is 13.4. The molecule has 1 fully saturated rings. The minimum Gasteiger partial charge on any atom is -0.351 e. The smallest absolute Gasteiger partial charge is 0.280 e. The lowest BCUT2D eigenvalue weighted by atomic mass is 9.97. The van der Waals surface area contributed by atoms with E-state index in [1.54, 1.807) is 17.0 Å². The van der Waals surface area contributed by atoms with Gasteiger partial charge in [0.15, 0.2) is 5.01 Å². The number of thiazole rings is 1. The van der Waals surface area contributed by atoms with Crippen molar-refractivity contribution in [1.82, 2.24) is 30.4 Å². The number of likely N-dealkylation sites (N-methyl/N-ethyl adjacent to an activating group) is 1. The largest absolute Gasteiger partial charge is 0.351 e. The average molecular weight is 557 g/mol. The quantitative estimate of drug-likeness (QED) is 0.349. The summed E-state index contributed by atoms with van der Waals surface area (Å²) < 4.78 is 0.